The van der Waals surface area contributed by atoms with Gasteiger partial charge in [-0.2, -0.15) is 13.2 Å². The molecule has 0 spiro atoms. The zero-order valence-electron chi connectivity index (χ0n) is 7.29. The van der Waals surface area contributed by atoms with Crippen LogP contribution in [0.1, 0.15) is 12.6 Å². The first kappa shape index (κ1) is 9.33. The molecule has 0 radical (unpaired) electrons. The zero-order chi connectivity index (χ0) is 10.3. The summed E-state index contributed by atoms with van der Waals surface area (Å²) >= 11 is 0.965. The fraction of sp³-hybridized carbons (Fsp3) is 0.222. The van der Waals surface area contributed by atoms with E-state index in [1.54, 1.807) is 0 Å². The number of nitrogens with zero attached hydrogens (tertiary/aromatic N) is 1. The van der Waals surface area contributed by atoms with E-state index in [4.69, 9.17) is 5.11 Å². The topological polar surface area (TPSA) is 33.1 Å². The maximum atomic E-state index is 13.0. The van der Waals surface area contributed by atoms with Crippen molar-refractivity contribution in [2.24, 2.45) is 0 Å². The SMILES string of the molecule is CC(F)(F)c1nsc2cc(O)ccc12. The van der Waals surface area contributed by atoms with Gasteiger partial charge in [0.1, 0.15) is 11.4 Å². The van der Waals surface area contributed by atoms with Gasteiger partial charge in [-0.05, 0) is 29.7 Å². The molecular formula is C9H7F2NOS. The molecule has 14 heavy (non-hydrogen) atoms. The highest BCUT2D eigenvalue weighted by Gasteiger charge is 2.29. The van der Waals surface area contributed by atoms with Crippen LogP contribution in [0.15, 0.2) is 18.2 Å². The van der Waals surface area contributed by atoms with E-state index in [-0.39, 0.29) is 11.4 Å². The highest BCUT2D eigenvalue weighted by molar-refractivity contribution is 7.13. The summed E-state index contributed by atoms with van der Waals surface area (Å²) in [5.74, 6) is -2.87. The summed E-state index contributed by atoms with van der Waals surface area (Å²) in [7, 11) is 0. The van der Waals surface area contributed by atoms with Crippen molar-refractivity contribution in [2.45, 2.75) is 12.8 Å². The molecule has 0 saturated carbocycles. The molecule has 0 amide bonds. The molecule has 2 rings (SSSR count). The molecule has 1 aromatic carbocycles. The lowest BCUT2D eigenvalue weighted by Crippen LogP contribution is -2.07. The van der Waals surface area contributed by atoms with Crippen LogP contribution in [0.3, 0.4) is 0 Å². The number of aromatic nitrogens is 1. The van der Waals surface area contributed by atoms with Gasteiger partial charge in [0.05, 0.1) is 4.70 Å². The van der Waals surface area contributed by atoms with Crippen LogP contribution in [0, 0.1) is 0 Å². The lowest BCUT2D eigenvalue weighted by Gasteiger charge is -2.06. The zero-order valence-corrected chi connectivity index (χ0v) is 8.11. The Hall–Kier alpha value is -1.23. The summed E-state index contributed by atoms with van der Waals surface area (Å²) in [5.41, 5.74) is -0.225. The van der Waals surface area contributed by atoms with Crippen molar-refractivity contribution in [3.05, 3.63) is 23.9 Å². The number of aromatic hydroxyl groups is 1. The number of hydrogen-bond acceptors (Lipinski definition) is 3. The predicted octanol–water partition coefficient (Wildman–Crippen LogP) is 3.11. The van der Waals surface area contributed by atoms with Crippen LogP contribution in [0.5, 0.6) is 5.75 Å². The second-order valence-corrected chi connectivity index (χ2v) is 3.90. The summed E-state index contributed by atoms with van der Waals surface area (Å²) in [6.07, 6.45) is 0. The van der Waals surface area contributed by atoms with Crippen LogP contribution in [0.4, 0.5) is 8.78 Å². The largest absolute Gasteiger partial charge is 0.508 e. The van der Waals surface area contributed by atoms with E-state index in [0.29, 0.717) is 10.1 Å². The van der Waals surface area contributed by atoms with Gasteiger partial charge < -0.3 is 5.11 Å². The number of hydrogen-bond donors (Lipinski definition) is 1. The van der Waals surface area contributed by atoms with E-state index in [1.807, 2.05) is 0 Å². The Kier molecular flexibility index (Phi) is 1.92. The Balaban J connectivity index is 2.70. The molecule has 0 aliphatic heterocycles. The summed E-state index contributed by atoms with van der Waals surface area (Å²) in [6, 6.07) is 4.27. The predicted molar refractivity (Wildman–Crippen MR) is 50.9 cm³/mol. The molecule has 0 unspecified atom stereocenters. The summed E-state index contributed by atoms with van der Waals surface area (Å²) in [6.45, 7) is 0.814. The van der Waals surface area contributed by atoms with Crippen LogP contribution in [0.2, 0.25) is 0 Å². The number of fused-ring (bicyclic) bond motifs is 1. The third-order valence-electron chi connectivity index (χ3n) is 1.87. The molecule has 74 valence electrons. The Morgan fingerprint density at radius 2 is 2.14 bits per heavy atom. The third kappa shape index (κ3) is 1.43. The Morgan fingerprint density at radius 3 is 2.79 bits per heavy atom. The van der Waals surface area contributed by atoms with Gasteiger partial charge in [-0.3, -0.25) is 0 Å². The van der Waals surface area contributed by atoms with Crippen molar-refractivity contribution in [1.82, 2.24) is 4.37 Å². The van der Waals surface area contributed by atoms with Crippen molar-refractivity contribution in [3.63, 3.8) is 0 Å². The Labute approximate surface area is 83.0 Å². The van der Waals surface area contributed by atoms with E-state index in [0.717, 1.165) is 18.5 Å². The summed E-state index contributed by atoms with van der Waals surface area (Å²) in [5, 5.41) is 9.54. The van der Waals surface area contributed by atoms with Gasteiger partial charge in [-0.15, -0.1) is 0 Å². The summed E-state index contributed by atoms with van der Waals surface area (Å²) in [4.78, 5) is 0. The maximum Gasteiger partial charge on any atom is 0.288 e. The van der Waals surface area contributed by atoms with Crippen molar-refractivity contribution in [3.8, 4) is 5.75 Å². The van der Waals surface area contributed by atoms with Gasteiger partial charge >= 0.3 is 0 Å². The van der Waals surface area contributed by atoms with Crippen LogP contribution >= 0.6 is 11.5 Å². The van der Waals surface area contributed by atoms with E-state index in [2.05, 4.69) is 4.37 Å². The molecule has 0 atom stereocenters. The Morgan fingerprint density at radius 1 is 1.43 bits per heavy atom. The number of phenolic OH excluding ortho intramolecular Hbond substituents is 1. The minimum atomic E-state index is -2.94. The van der Waals surface area contributed by atoms with Gasteiger partial charge in [-0.1, -0.05) is 0 Å². The molecule has 0 saturated heterocycles. The van der Waals surface area contributed by atoms with Crippen LogP contribution < -0.4 is 0 Å². The first-order valence-electron chi connectivity index (χ1n) is 3.95. The molecule has 0 fully saturated rings. The molecule has 0 aliphatic rings. The van der Waals surface area contributed by atoms with E-state index in [1.165, 1.54) is 18.2 Å². The van der Waals surface area contributed by atoms with E-state index in [9.17, 15) is 8.78 Å². The van der Waals surface area contributed by atoms with Crippen LogP contribution in [-0.2, 0) is 5.92 Å². The lowest BCUT2D eigenvalue weighted by atomic mass is 10.1. The molecule has 2 nitrogen and oxygen atoms in total. The van der Waals surface area contributed by atoms with E-state index < -0.39 is 5.92 Å². The normalized spacial score (nSPS) is 12.2. The van der Waals surface area contributed by atoms with E-state index >= 15 is 0 Å². The number of phenols is 1. The molecule has 1 heterocycles. The monoisotopic (exact) mass is 215 g/mol. The lowest BCUT2D eigenvalue weighted by molar-refractivity contribution is 0.0154. The first-order chi connectivity index (χ1) is 6.48. The number of benzene rings is 1. The van der Waals surface area contributed by atoms with Crippen molar-refractivity contribution in [2.75, 3.05) is 0 Å². The maximum absolute atomic E-state index is 13.0. The van der Waals surface area contributed by atoms with Crippen LogP contribution in [-0.4, -0.2) is 9.48 Å². The summed E-state index contributed by atoms with van der Waals surface area (Å²) < 4.78 is 30.3. The number of rotatable bonds is 1. The fourth-order valence-electron chi connectivity index (χ4n) is 1.24. The molecule has 5 heteroatoms. The molecule has 0 aliphatic carbocycles. The molecule has 1 N–H and O–H groups in total. The average molecular weight is 215 g/mol. The number of alkyl halides is 2. The molecule has 1 aromatic heterocycles. The molecular weight excluding hydrogens is 208 g/mol. The molecule has 0 bridgehead atoms. The fourth-order valence-corrected chi connectivity index (χ4v) is 2.13. The average Bonchev–Trinajstić information content (AvgIpc) is 2.45. The van der Waals surface area contributed by atoms with Gasteiger partial charge in [0, 0.05) is 12.3 Å². The molecule has 2 aromatic rings. The Bertz CT molecular complexity index is 475. The highest BCUT2D eigenvalue weighted by atomic mass is 32.1. The number of halogens is 2. The quantitative estimate of drug-likeness (QED) is 0.792. The van der Waals surface area contributed by atoms with Gasteiger partial charge in [0.2, 0.25) is 0 Å². The smallest absolute Gasteiger partial charge is 0.288 e. The minimum absolute atomic E-state index is 0.0621. The second kappa shape index (κ2) is 2.88. The standard InChI is InChI=1S/C9H7F2NOS/c1-9(10,11)8-6-3-2-5(13)4-7(6)14-12-8/h2-4,13H,1H3. The van der Waals surface area contributed by atoms with Gasteiger partial charge in [0.15, 0.2) is 0 Å². The van der Waals surface area contributed by atoms with Gasteiger partial charge in [0.25, 0.3) is 5.92 Å². The highest BCUT2D eigenvalue weighted by Crippen LogP contribution is 2.35. The third-order valence-corrected chi connectivity index (χ3v) is 2.68. The first-order valence-corrected chi connectivity index (χ1v) is 4.72. The van der Waals surface area contributed by atoms with Crippen LogP contribution in [0.25, 0.3) is 10.1 Å². The van der Waals surface area contributed by atoms with Crippen molar-refractivity contribution in [1.29, 1.82) is 0 Å². The van der Waals surface area contributed by atoms with Crippen molar-refractivity contribution >= 4 is 21.6 Å². The second-order valence-electron chi connectivity index (χ2n) is 3.10. The van der Waals surface area contributed by atoms with Crippen molar-refractivity contribution < 1.29 is 13.9 Å². The minimum Gasteiger partial charge on any atom is -0.508 e. The van der Waals surface area contributed by atoms with Gasteiger partial charge in [-0.25, -0.2) is 0 Å².